The highest BCUT2D eigenvalue weighted by molar-refractivity contribution is 14.0. The molecular formula is C20H36IN5O2S. The molecule has 1 aromatic heterocycles. The molecule has 1 aliphatic heterocycles. The van der Waals surface area contributed by atoms with Gasteiger partial charge in [0.25, 0.3) is 0 Å². The molecule has 0 bridgehead atoms. The number of ether oxygens (including phenoxy) is 1. The molecule has 0 unspecified atom stereocenters. The monoisotopic (exact) mass is 537 g/mol. The Balaban J connectivity index is 0.00000420. The first kappa shape index (κ1) is 25.9. The van der Waals surface area contributed by atoms with Crippen LogP contribution in [0.5, 0.6) is 0 Å². The minimum atomic E-state index is -0.441. The normalized spacial score (nSPS) is 15.7. The Hall–Kier alpha value is -1.10. The summed E-state index contributed by atoms with van der Waals surface area (Å²) in [6, 6.07) is 0. The Kier molecular flexibility index (Phi) is 10.7. The van der Waals surface area contributed by atoms with Crippen molar-refractivity contribution in [1.29, 1.82) is 0 Å². The third-order valence-corrected chi connectivity index (χ3v) is 5.88. The van der Waals surface area contributed by atoms with Crippen LogP contribution in [0.25, 0.3) is 0 Å². The van der Waals surface area contributed by atoms with Crippen molar-refractivity contribution in [3.8, 4) is 0 Å². The number of rotatable bonds is 5. The Labute approximate surface area is 196 Å². The highest BCUT2D eigenvalue weighted by atomic mass is 127. The summed E-state index contributed by atoms with van der Waals surface area (Å²) in [5.74, 6) is 1.35. The van der Waals surface area contributed by atoms with Gasteiger partial charge in [-0.15, -0.1) is 35.3 Å². The summed E-state index contributed by atoms with van der Waals surface area (Å²) in [4.78, 5) is 24.1. The van der Waals surface area contributed by atoms with Crippen molar-refractivity contribution in [2.24, 2.45) is 10.9 Å². The summed E-state index contributed by atoms with van der Waals surface area (Å²) < 4.78 is 5.46. The Morgan fingerprint density at radius 3 is 2.45 bits per heavy atom. The first-order chi connectivity index (χ1) is 13.2. The second kappa shape index (κ2) is 11.9. The fourth-order valence-electron chi connectivity index (χ4n) is 3.04. The van der Waals surface area contributed by atoms with Crippen molar-refractivity contribution < 1.29 is 9.53 Å². The molecule has 1 saturated heterocycles. The van der Waals surface area contributed by atoms with Crippen LogP contribution in [-0.4, -0.2) is 60.8 Å². The SMILES string of the molecule is CN=C(NCCc1nc(C)c(C)s1)NCC1CCN(C(=O)OC(C)(C)C)CC1.I. The molecule has 2 N–H and O–H groups in total. The van der Waals surface area contributed by atoms with Gasteiger partial charge in [0, 0.05) is 44.5 Å². The number of likely N-dealkylation sites (tertiary alicyclic amines) is 1. The van der Waals surface area contributed by atoms with E-state index in [0.717, 1.165) is 62.1 Å². The maximum atomic E-state index is 12.1. The van der Waals surface area contributed by atoms with Crippen molar-refractivity contribution >= 4 is 47.4 Å². The van der Waals surface area contributed by atoms with E-state index in [4.69, 9.17) is 4.74 Å². The number of halogens is 1. The second-order valence-electron chi connectivity index (χ2n) is 8.29. The zero-order valence-electron chi connectivity index (χ0n) is 18.5. The number of guanidine groups is 1. The number of carbonyl (C=O) groups is 1. The standard InChI is InChI=1S/C20H35N5O2S.HI/c1-14-15(2)28-17(24-14)7-10-22-18(21-6)23-13-16-8-11-25(12-9-16)19(26)27-20(3,4)5;/h16H,7-13H2,1-6H3,(H2,21,22,23);1H. The first-order valence-corrected chi connectivity index (χ1v) is 10.8. The molecule has 0 spiro atoms. The van der Waals surface area contributed by atoms with Gasteiger partial charge in [-0.05, 0) is 53.4 Å². The molecule has 1 aliphatic rings. The fraction of sp³-hybridized carbons (Fsp3) is 0.750. The molecular weight excluding hydrogens is 501 g/mol. The van der Waals surface area contributed by atoms with E-state index in [0.29, 0.717) is 5.92 Å². The van der Waals surface area contributed by atoms with Gasteiger partial charge in [-0.2, -0.15) is 0 Å². The second-order valence-corrected chi connectivity index (χ2v) is 9.58. The number of nitrogens with one attached hydrogen (secondary N) is 2. The molecule has 0 saturated carbocycles. The van der Waals surface area contributed by atoms with Gasteiger partial charge < -0.3 is 20.3 Å². The minimum absolute atomic E-state index is 0. The van der Waals surface area contributed by atoms with E-state index in [1.807, 2.05) is 25.7 Å². The van der Waals surface area contributed by atoms with Crippen LogP contribution in [0.1, 0.15) is 49.2 Å². The van der Waals surface area contributed by atoms with Gasteiger partial charge in [0.2, 0.25) is 0 Å². The number of amides is 1. The van der Waals surface area contributed by atoms with Crippen LogP contribution in [0, 0.1) is 19.8 Å². The quantitative estimate of drug-likeness (QED) is 0.340. The molecule has 166 valence electrons. The van der Waals surface area contributed by atoms with Crippen LogP contribution < -0.4 is 10.6 Å². The van der Waals surface area contributed by atoms with Gasteiger partial charge >= 0.3 is 6.09 Å². The average Bonchev–Trinajstić information content (AvgIpc) is 2.94. The Morgan fingerprint density at radius 2 is 1.93 bits per heavy atom. The van der Waals surface area contributed by atoms with Crippen LogP contribution in [-0.2, 0) is 11.2 Å². The molecule has 2 rings (SSSR count). The topological polar surface area (TPSA) is 78.9 Å². The number of thiazole rings is 1. The summed E-state index contributed by atoms with van der Waals surface area (Å²) in [6.07, 6.45) is 2.64. The lowest BCUT2D eigenvalue weighted by Gasteiger charge is -2.33. The average molecular weight is 538 g/mol. The molecule has 7 nitrogen and oxygen atoms in total. The summed E-state index contributed by atoms with van der Waals surface area (Å²) in [5, 5.41) is 7.93. The fourth-order valence-corrected chi connectivity index (χ4v) is 3.98. The largest absolute Gasteiger partial charge is 0.444 e. The molecule has 0 radical (unpaired) electrons. The molecule has 1 amide bonds. The summed E-state index contributed by atoms with van der Waals surface area (Å²) in [5.41, 5.74) is 0.684. The number of aliphatic imine (C=N–C) groups is 1. The predicted octanol–water partition coefficient (Wildman–Crippen LogP) is 3.73. The molecule has 0 aliphatic carbocycles. The van der Waals surface area contributed by atoms with Crippen LogP contribution >= 0.6 is 35.3 Å². The molecule has 29 heavy (non-hydrogen) atoms. The maximum absolute atomic E-state index is 12.1. The molecule has 1 fully saturated rings. The molecule has 2 heterocycles. The number of aromatic nitrogens is 1. The van der Waals surface area contributed by atoms with Gasteiger partial charge in [-0.25, -0.2) is 9.78 Å². The number of nitrogens with zero attached hydrogens (tertiary/aromatic N) is 3. The zero-order chi connectivity index (χ0) is 20.7. The first-order valence-electron chi connectivity index (χ1n) is 10.0. The zero-order valence-corrected chi connectivity index (χ0v) is 21.6. The number of hydrogen-bond acceptors (Lipinski definition) is 5. The van der Waals surface area contributed by atoms with Crippen LogP contribution in [0.2, 0.25) is 0 Å². The third-order valence-electron chi connectivity index (χ3n) is 4.75. The van der Waals surface area contributed by atoms with Crippen molar-refractivity contribution in [1.82, 2.24) is 20.5 Å². The lowest BCUT2D eigenvalue weighted by atomic mass is 9.97. The van der Waals surface area contributed by atoms with Crippen molar-refractivity contribution in [2.75, 3.05) is 33.2 Å². The predicted molar refractivity (Wildman–Crippen MR) is 131 cm³/mol. The smallest absolute Gasteiger partial charge is 0.410 e. The molecule has 0 aromatic carbocycles. The van der Waals surface area contributed by atoms with E-state index >= 15 is 0 Å². The molecule has 0 atom stereocenters. The highest BCUT2D eigenvalue weighted by Crippen LogP contribution is 2.19. The van der Waals surface area contributed by atoms with E-state index in [1.165, 1.54) is 4.88 Å². The summed E-state index contributed by atoms with van der Waals surface area (Å²) in [7, 11) is 1.79. The lowest BCUT2D eigenvalue weighted by Crippen LogP contribution is -2.45. The van der Waals surface area contributed by atoms with Gasteiger partial charge in [-0.1, -0.05) is 0 Å². The van der Waals surface area contributed by atoms with E-state index in [2.05, 4.69) is 34.5 Å². The van der Waals surface area contributed by atoms with Gasteiger partial charge in [0.15, 0.2) is 5.96 Å². The van der Waals surface area contributed by atoms with E-state index in [-0.39, 0.29) is 30.1 Å². The number of aryl methyl sites for hydroxylation is 2. The summed E-state index contributed by atoms with van der Waals surface area (Å²) in [6.45, 7) is 13.0. The molecule has 1 aromatic rings. The van der Waals surface area contributed by atoms with Crippen molar-refractivity contribution in [3.63, 3.8) is 0 Å². The van der Waals surface area contributed by atoms with Gasteiger partial charge in [0.05, 0.1) is 10.7 Å². The van der Waals surface area contributed by atoms with E-state index in [9.17, 15) is 4.79 Å². The minimum Gasteiger partial charge on any atom is -0.444 e. The summed E-state index contributed by atoms with van der Waals surface area (Å²) >= 11 is 1.76. The van der Waals surface area contributed by atoms with Crippen LogP contribution in [0.3, 0.4) is 0 Å². The Morgan fingerprint density at radius 1 is 1.28 bits per heavy atom. The van der Waals surface area contributed by atoms with Gasteiger partial charge in [0.1, 0.15) is 5.60 Å². The van der Waals surface area contributed by atoms with Crippen molar-refractivity contribution in [2.45, 2.75) is 59.5 Å². The van der Waals surface area contributed by atoms with Crippen molar-refractivity contribution in [3.05, 3.63) is 15.6 Å². The van der Waals surface area contributed by atoms with Crippen LogP contribution in [0.15, 0.2) is 4.99 Å². The number of hydrogen-bond donors (Lipinski definition) is 2. The van der Waals surface area contributed by atoms with E-state index < -0.39 is 5.60 Å². The van der Waals surface area contributed by atoms with E-state index in [1.54, 1.807) is 18.4 Å². The van der Waals surface area contributed by atoms with Crippen LogP contribution in [0.4, 0.5) is 4.79 Å². The lowest BCUT2D eigenvalue weighted by molar-refractivity contribution is 0.0185. The highest BCUT2D eigenvalue weighted by Gasteiger charge is 2.26. The van der Waals surface area contributed by atoms with Gasteiger partial charge in [-0.3, -0.25) is 4.99 Å². The maximum Gasteiger partial charge on any atom is 0.410 e. The number of piperidine rings is 1. The Bertz CT molecular complexity index is 659. The third kappa shape index (κ3) is 9.06. The number of carbonyl (C=O) groups excluding carboxylic acids is 1. The molecule has 9 heteroatoms.